The van der Waals surface area contributed by atoms with Crippen LogP contribution in [0.4, 0.5) is 0 Å². The van der Waals surface area contributed by atoms with Crippen molar-refractivity contribution >= 4 is 0 Å². The first-order valence-corrected chi connectivity index (χ1v) is 9.15. The molecule has 2 aromatic rings. The average molecular weight is 355 g/mol. The fourth-order valence-corrected chi connectivity index (χ4v) is 4.01. The largest absolute Gasteiger partial charge is 0.395 e. The van der Waals surface area contributed by atoms with Crippen LogP contribution in [0.5, 0.6) is 0 Å². The van der Waals surface area contributed by atoms with Gasteiger partial charge in [-0.15, -0.1) is 0 Å². The molecule has 0 unspecified atom stereocenters. The Kier molecular flexibility index (Phi) is 5.07. The lowest BCUT2D eigenvalue weighted by Crippen LogP contribution is -2.55. The molecular weight excluding hydrogens is 330 g/mol. The van der Waals surface area contributed by atoms with Crippen molar-refractivity contribution < 1.29 is 19.7 Å². The van der Waals surface area contributed by atoms with Gasteiger partial charge in [0, 0.05) is 18.2 Å². The molecule has 2 aliphatic rings. The van der Waals surface area contributed by atoms with Gasteiger partial charge in [0.25, 0.3) is 0 Å². The van der Waals surface area contributed by atoms with Crippen LogP contribution in [0, 0.1) is 0 Å². The van der Waals surface area contributed by atoms with Crippen molar-refractivity contribution in [1.29, 1.82) is 0 Å². The van der Waals surface area contributed by atoms with Gasteiger partial charge in [0.1, 0.15) is 12.2 Å². The number of aliphatic hydroxyl groups is 2. The molecule has 2 fully saturated rings. The van der Waals surface area contributed by atoms with Crippen LogP contribution in [0.25, 0.3) is 0 Å². The first-order valence-electron chi connectivity index (χ1n) is 9.15. The number of benzene rings is 2. The van der Waals surface area contributed by atoms with Gasteiger partial charge < -0.3 is 19.7 Å². The summed E-state index contributed by atoms with van der Waals surface area (Å²) in [6.45, 7) is 1.16. The second kappa shape index (κ2) is 7.47. The SMILES string of the molecule is OC[C@H](Cc1ccccc1)N1C[C@H]2O[C@@](c3ccccc3)(C1)O[C@H]2CO. The van der Waals surface area contributed by atoms with Gasteiger partial charge in [0.05, 0.1) is 19.8 Å². The molecule has 2 heterocycles. The molecular formula is C21H25NO4. The molecule has 4 rings (SSSR count). The Balaban J connectivity index is 1.60. The van der Waals surface area contributed by atoms with E-state index in [0.29, 0.717) is 13.1 Å². The molecule has 26 heavy (non-hydrogen) atoms. The van der Waals surface area contributed by atoms with Crippen molar-refractivity contribution in [1.82, 2.24) is 4.90 Å². The summed E-state index contributed by atoms with van der Waals surface area (Å²) in [7, 11) is 0. The minimum atomic E-state index is -0.887. The maximum absolute atomic E-state index is 10.0. The zero-order valence-corrected chi connectivity index (χ0v) is 14.7. The highest BCUT2D eigenvalue weighted by Gasteiger charge is 2.54. The van der Waals surface area contributed by atoms with Gasteiger partial charge in [-0.3, -0.25) is 4.90 Å². The minimum absolute atomic E-state index is 0.0204. The maximum atomic E-state index is 10.0. The molecule has 2 N–H and O–H groups in total. The maximum Gasteiger partial charge on any atom is 0.208 e. The van der Waals surface area contributed by atoms with Crippen LogP contribution in [0.2, 0.25) is 0 Å². The highest BCUT2D eigenvalue weighted by Crippen LogP contribution is 2.42. The second-order valence-corrected chi connectivity index (χ2v) is 7.07. The lowest BCUT2D eigenvalue weighted by Gasteiger charge is -2.42. The van der Waals surface area contributed by atoms with E-state index >= 15 is 0 Å². The van der Waals surface area contributed by atoms with E-state index in [4.69, 9.17) is 9.47 Å². The summed E-state index contributed by atoms with van der Waals surface area (Å²) in [6, 6.07) is 20.0. The highest BCUT2D eigenvalue weighted by molar-refractivity contribution is 5.24. The van der Waals surface area contributed by atoms with Crippen LogP contribution in [-0.4, -0.2) is 59.7 Å². The molecule has 0 aromatic heterocycles. The third-order valence-corrected chi connectivity index (χ3v) is 5.36. The topological polar surface area (TPSA) is 62.2 Å². The molecule has 4 atom stereocenters. The third kappa shape index (κ3) is 3.29. The summed E-state index contributed by atoms with van der Waals surface area (Å²) in [5.41, 5.74) is 2.14. The Morgan fingerprint density at radius 1 is 1.00 bits per heavy atom. The molecule has 0 spiro atoms. The zero-order chi connectivity index (χ0) is 18.0. The van der Waals surface area contributed by atoms with Crippen LogP contribution >= 0.6 is 0 Å². The van der Waals surface area contributed by atoms with Crippen molar-refractivity contribution in [2.75, 3.05) is 26.3 Å². The summed E-state index contributed by atoms with van der Waals surface area (Å²) < 4.78 is 12.4. The molecule has 2 aliphatic heterocycles. The first kappa shape index (κ1) is 17.6. The van der Waals surface area contributed by atoms with E-state index in [0.717, 1.165) is 12.0 Å². The number of nitrogens with zero attached hydrogens (tertiary/aromatic N) is 1. The molecule has 2 aromatic carbocycles. The number of aliphatic hydroxyl groups excluding tert-OH is 2. The van der Waals surface area contributed by atoms with E-state index in [9.17, 15) is 10.2 Å². The summed E-state index contributed by atoms with van der Waals surface area (Å²) in [5.74, 6) is -0.887. The quantitative estimate of drug-likeness (QED) is 0.823. The normalized spacial score (nSPS) is 29.6. The van der Waals surface area contributed by atoms with E-state index in [-0.39, 0.29) is 31.5 Å². The summed E-state index contributed by atoms with van der Waals surface area (Å²) in [4.78, 5) is 2.24. The van der Waals surface area contributed by atoms with Gasteiger partial charge in [-0.1, -0.05) is 60.7 Å². The van der Waals surface area contributed by atoms with Gasteiger partial charge in [-0.25, -0.2) is 0 Å². The van der Waals surface area contributed by atoms with Crippen LogP contribution in [0.1, 0.15) is 11.1 Å². The van der Waals surface area contributed by atoms with Gasteiger partial charge in [-0.2, -0.15) is 0 Å². The molecule has 2 saturated heterocycles. The number of morpholine rings is 1. The highest BCUT2D eigenvalue weighted by atomic mass is 16.8. The number of rotatable bonds is 6. The Labute approximate surface area is 153 Å². The fraction of sp³-hybridized carbons (Fsp3) is 0.429. The number of fused-ring (bicyclic) bond motifs is 2. The third-order valence-electron chi connectivity index (χ3n) is 5.36. The zero-order valence-electron chi connectivity index (χ0n) is 14.7. The van der Waals surface area contributed by atoms with Crippen LogP contribution < -0.4 is 0 Å². The number of ether oxygens (including phenoxy) is 2. The average Bonchev–Trinajstić information content (AvgIpc) is 2.98. The molecule has 5 heteroatoms. The van der Waals surface area contributed by atoms with E-state index in [2.05, 4.69) is 17.0 Å². The molecule has 2 bridgehead atoms. The summed E-state index contributed by atoms with van der Waals surface area (Å²) in [6.07, 6.45) is 0.202. The predicted molar refractivity (Wildman–Crippen MR) is 97.5 cm³/mol. The Hall–Kier alpha value is -1.76. The predicted octanol–water partition coefficient (Wildman–Crippen LogP) is 1.53. The molecule has 138 valence electrons. The second-order valence-electron chi connectivity index (χ2n) is 7.07. The molecule has 0 amide bonds. The minimum Gasteiger partial charge on any atom is -0.395 e. The van der Waals surface area contributed by atoms with Crippen molar-refractivity contribution in [3.8, 4) is 0 Å². The van der Waals surface area contributed by atoms with E-state index in [1.165, 1.54) is 5.56 Å². The van der Waals surface area contributed by atoms with Gasteiger partial charge >= 0.3 is 0 Å². The van der Waals surface area contributed by atoms with E-state index < -0.39 is 5.79 Å². The van der Waals surface area contributed by atoms with E-state index in [1.807, 2.05) is 48.5 Å². The Morgan fingerprint density at radius 3 is 2.35 bits per heavy atom. The fourth-order valence-electron chi connectivity index (χ4n) is 4.01. The van der Waals surface area contributed by atoms with Crippen molar-refractivity contribution in [3.05, 3.63) is 71.8 Å². The van der Waals surface area contributed by atoms with E-state index in [1.54, 1.807) is 0 Å². The standard InChI is InChI=1S/C21H25NO4/c23-13-18(11-16-7-3-1-4-8-16)22-12-19-20(14-24)26-21(15-22,25-19)17-9-5-2-6-10-17/h1-10,18-20,23-24H,11-15H2/t18-,19+,20-,21-/m0/s1. The molecule has 0 radical (unpaired) electrons. The van der Waals surface area contributed by atoms with Crippen LogP contribution in [0.15, 0.2) is 60.7 Å². The van der Waals surface area contributed by atoms with Gasteiger partial charge in [0.2, 0.25) is 5.79 Å². The Bertz CT molecular complexity index is 710. The number of hydrogen-bond acceptors (Lipinski definition) is 5. The Morgan fingerprint density at radius 2 is 1.69 bits per heavy atom. The lowest BCUT2D eigenvalue weighted by atomic mass is 9.99. The van der Waals surface area contributed by atoms with Crippen LogP contribution in [0.3, 0.4) is 0 Å². The smallest absolute Gasteiger partial charge is 0.208 e. The molecule has 5 nitrogen and oxygen atoms in total. The number of hydrogen-bond donors (Lipinski definition) is 2. The van der Waals surface area contributed by atoms with Gasteiger partial charge in [0.15, 0.2) is 0 Å². The van der Waals surface area contributed by atoms with Crippen molar-refractivity contribution in [2.45, 2.75) is 30.5 Å². The lowest BCUT2D eigenvalue weighted by molar-refractivity contribution is -0.223. The van der Waals surface area contributed by atoms with Crippen molar-refractivity contribution in [3.63, 3.8) is 0 Å². The van der Waals surface area contributed by atoms with Gasteiger partial charge in [-0.05, 0) is 12.0 Å². The molecule has 0 saturated carbocycles. The summed E-state index contributed by atoms with van der Waals surface area (Å²) in [5, 5.41) is 19.8. The first-order chi connectivity index (χ1) is 12.7. The monoisotopic (exact) mass is 355 g/mol. The summed E-state index contributed by atoms with van der Waals surface area (Å²) >= 11 is 0. The van der Waals surface area contributed by atoms with Crippen LogP contribution in [-0.2, 0) is 21.7 Å². The molecule has 0 aliphatic carbocycles. The van der Waals surface area contributed by atoms with Crippen molar-refractivity contribution in [2.24, 2.45) is 0 Å².